The normalized spacial score (nSPS) is 11.9. The molecule has 0 aliphatic carbocycles. The maximum atomic E-state index is 6.33. The highest BCUT2D eigenvalue weighted by atomic mass is 16.3. The summed E-state index contributed by atoms with van der Waals surface area (Å²) in [5, 5.41) is 6.83. The monoisotopic (exact) mass is 591 g/mol. The lowest BCUT2D eigenvalue weighted by molar-refractivity contribution is 0.669. The molecule has 218 valence electrons. The van der Waals surface area contributed by atoms with Crippen molar-refractivity contribution in [2.24, 2.45) is 0 Å². The predicted octanol–water partition coefficient (Wildman–Crippen LogP) is 10.9. The highest BCUT2D eigenvalue weighted by molar-refractivity contribution is 6.13. The molecule has 0 spiro atoms. The molecule has 0 bridgehead atoms. The molecule has 4 heteroatoms. The maximum absolute atomic E-state index is 6.33. The summed E-state index contributed by atoms with van der Waals surface area (Å²) in [7, 11) is 0. The molecule has 46 heavy (non-hydrogen) atoms. The number of furan rings is 1. The maximum Gasteiger partial charge on any atom is 0.165 e. The van der Waals surface area contributed by atoms with Crippen LogP contribution in [0.25, 0.3) is 77.6 Å². The van der Waals surface area contributed by atoms with Gasteiger partial charge in [-0.15, -0.1) is 0 Å². The molecular formula is C42H29N3O. The van der Waals surface area contributed by atoms with Gasteiger partial charge in [0.05, 0.1) is 0 Å². The van der Waals surface area contributed by atoms with E-state index < -0.39 is 0 Å². The van der Waals surface area contributed by atoms with Gasteiger partial charge in [-0.3, -0.25) is 0 Å². The summed E-state index contributed by atoms with van der Waals surface area (Å²) in [4.78, 5) is 15.4. The largest absolute Gasteiger partial charge is 0.456 e. The molecule has 0 fully saturated rings. The zero-order chi connectivity index (χ0) is 30.9. The first-order valence-corrected chi connectivity index (χ1v) is 15.4. The van der Waals surface area contributed by atoms with Crippen molar-refractivity contribution >= 4 is 43.5 Å². The first kappa shape index (κ1) is 27.4. The number of hydrogen-bond acceptors (Lipinski definition) is 4. The zero-order valence-electron chi connectivity index (χ0n) is 25.1. The second-order valence-corrected chi connectivity index (χ2v) is 11.2. The first-order chi connectivity index (χ1) is 22.8. The molecule has 0 N–H and O–H groups in total. The van der Waals surface area contributed by atoms with Crippen LogP contribution >= 0.6 is 0 Å². The van der Waals surface area contributed by atoms with Crippen molar-refractivity contribution in [1.29, 1.82) is 0 Å². The molecule has 0 amide bonds. The topological polar surface area (TPSA) is 51.8 Å². The highest BCUT2D eigenvalue weighted by Crippen LogP contribution is 2.39. The summed E-state index contributed by atoms with van der Waals surface area (Å²) in [6.45, 7) is 3.77. The molecule has 0 unspecified atom stereocenters. The minimum atomic E-state index is 0.615. The molecular weight excluding hydrogens is 562 g/mol. The SMILES string of the molecule is C=C/C=C\C=C/Cc1ccc2oc3ccccc3c2c1-c1nc(-c2ccccc2)nc(-c2ccc3c(ccc4ccccc43)c2)n1. The zero-order valence-corrected chi connectivity index (χ0v) is 25.1. The van der Waals surface area contributed by atoms with E-state index in [1.807, 2.05) is 66.8 Å². The molecule has 6 aromatic carbocycles. The van der Waals surface area contributed by atoms with Gasteiger partial charge in [-0.05, 0) is 51.7 Å². The summed E-state index contributed by atoms with van der Waals surface area (Å²) in [6.07, 6.45) is 10.5. The van der Waals surface area contributed by atoms with Crippen LogP contribution in [0.4, 0.5) is 0 Å². The number of aromatic nitrogens is 3. The van der Waals surface area contributed by atoms with Gasteiger partial charge >= 0.3 is 0 Å². The Kier molecular flexibility index (Phi) is 7.01. The smallest absolute Gasteiger partial charge is 0.165 e. The van der Waals surface area contributed by atoms with E-state index in [1.165, 1.54) is 16.2 Å². The van der Waals surface area contributed by atoms with Crippen molar-refractivity contribution in [1.82, 2.24) is 15.0 Å². The molecule has 0 saturated carbocycles. The van der Waals surface area contributed by atoms with Gasteiger partial charge in [0.15, 0.2) is 17.5 Å². The number of para-hydroxylation sites is 1. The van der Waals surface area contributed by atoms with E-state index in [9.17, 15) is 0 Å². The van der Waals surface area contributed by atoms with Crippen molar-refractivity contribution in [3.8, 4) is 34.2 Å². The Bertz CT molecular complexity index is 2470. The van der Waals surface area contributed by atoms with Gasteiger partial charge in [0.25, 0.3) is 0 Å². The van der Waals surface area contributed by atoms with E-state index in [4.69, 9.17) is 19.4 Å². The van der Waals surface area contributed by atoms with Crippen LogP contribution in [-0.4, -0.2) is 15.0 Å². The number of nitrogens with zero attached hydrogens (tertiary/aromatic N) is 3. The molecule has 0 aliphatic rings. The molecule has 8 aromatic rings. The molecule has 2 aromatic heterocycles. The van der Waals surface area contributed by atoms with Gasteiger partial charge in [0.2, 0.25) is 0 Å². The second-order valence-electron chi connectivity index (χ2n) is 11.2. The predicted molar refractivity (Wildman–Crippen MR) is 191 cm³/mol. The third-order valence-corrected chi connectivity index (χ3v) is 8.36. The Labute approximate surface area is 266 Å². The summed E-state index contributed by atoms with van der Waals surface area (Å²) < 4.78 is 6.33. The third kappa shape index (κ3) is 4.96. The standard InChI is InChI=1S/C42H29N3O/c1-2-3-4-5-7-15-29-24-26-37-39(35-19-12-13-20-36(35)46-37)38(29)42-44-40(30-16-8-6-9-17-30)43-41(45-42)32-23-25-34-31(27-32)22-21-28-14-10-11-18-33(28)34/h2-14,16-27H,1,15H2/b4-3-,7-5-. The number of benzene rings is 6. The van der Waals surface area contributed by atoms with Crippen LogP contribution in [0.15, 0.2) is 163 Å². The Morgan fingerprint density at radius 1 is 0.543 bits per heavy atom. The van der Waals surface area contributed by atoms with E-state index in [0.717, 1.165) is 49.6 Å². The van der Waals surface area contributed by atoms with E-state index in [2.05, 4.69) is 85.5 Å². The van der Waals surface area contributed by atoms with Crippen molar-refractivity contribution in [2.45, 2.75) is 6.42 Å². The summed E-state index contributed by atoms with van der Waals surface area (Å²) >= 11 is 0. The molecule has 2 heterocycles. The number of fused-ring (bicyclic) bond motifs is 6. The Hall–Kier alpha value is -6.13. The van der Waals surface area contributed by atoms with Crippen LogP contribution < -0.4 is 0 Å². The van der Waals surface area contributed by atoms with Gasteiger partial charge in [-0.25, -0.2) is 15.0 Å². The fourth-order valence-electron chi connectivity index (χ4n) is 6.19. The molecule has 4 nitrogen and oxygen atoms in total. The third-order valence-electron chi connectivity index (χ3n) is 8.36. The van der Waals surface area contributed by atoms with E-state index >= 15 is 0 Å². The van der Waals surface area contributed by atoms with Crippen LogP contribution in [0.1, 0.15) is 5.56 Å². The fourth-order valence-corrected chi connectivity index (χ4v) is 6.19. The average molecular weight is 592 g/mol. The van der Waals surface area contributed by atoms with Crippen molar-refractivity contribution in [2.75, 3.05) is 0 Å². The highest BCUT2D eigenvalue weighted by Gasteiger charge is 2.21. The second kappa shape index (κ2) is 11.8. The molecule has 0 saturated heterocycles. The quantitative estimate of drug-likeness (QED) is 0.137. The Morgan fingerprint density at radius 3 is 2.13 bits per heavy atom. The van der Waals surface area contributed by atoms with Crippen LogP contribution in [0.5, 0.6) is 0 Å². The number of rotatable bonds is 7. The minimum absolute atomic E-state index is 0.615. The van der Waals surface area contributed by atoms with Crippen LogP contribution in [0.2, 0.25) is 0 Å². The van der Waals surface area contributed by atoms with Gasteiger partial charge in [0.1, 0.15) is 11.2 Å². The van der Waals surface area contributed by atoms with E-state index in [0.29, 0.717) is 23.9 Å². The molecule has 0 aliphatic heterocycles. The number of allylic oxidation sites excluding steroid dienone is 5. The van der Waals surface area contributed by atoms with Crippen LogP contribution in [-0.2, 0) is 6.42 Å². The van der Waals surface area contributed by atoms with E-state index in [1.54, 1.807) is 6.08 Å². The van der Waals surface area contributed by atoms with Gasteiger partial charge in [-0.2, -0.15) is 0 Å². The van der Waals surface area contributed by atoms with Crippen molar-refractivity contribution < 1.29 is 4.42 Å². The lowest BCUT2D eigenvalue weighted by atomic mass is 9.97. The molecule has 0 radical (unpaired) electrons. The first-order valence-electron chi connectivity index (χ1n) is 15.4. The lowest BCUT2D eigenvalue weighted by Gasteiger charge is -2.13. The van der Waals surface area contributed by atoms with Crippen molar-refractivity contribution in [3.05, 3.63) is 164 Å². The molecule has 0 atom stereocenters. The minimum Gasteiger partial charge on any atom is -0.456 e. The van der Waals surface area contributed by atoms with Gasteiger partial charge < -0.3 is 4.42 Å². The van der Waals surface area contributed by atoms with Gasteiger partial charge in [0, 0.05) is 27.5 Å². The summed E-state index contributed by atoms with van der Waals surface area (Å²) in [5.41, 5.74) is 5.55. The fraction of sp³-hybridized carbons (Fsp3) is 0.0238. The summed E-state index contributed by atoms with van der Waals surface area (Å²) in [6, 6.07) is 41.7. The lowest BCUT2D eigenvalue weighted by Crippen LogP contribution is -2.02. The summed E-state index contributed by atoms with van der Waals surface area (Å²) in [5.74, 6) is 1.86. The number of hydrogen-bond donors (Lipinski definition) is 0. The average Bonchev–Trinajstić information content (AvgIpc) is 3.50. The van der Waals surface area contributed by atoms with Crippen molar-refractivity contribution in [3.63, 3.8) is 0 Å². The van der Waals surface area contributed by atoms with Gasteiger partial charge in [-0.1, -0.05) is 140 Å². The van der Waals surface area contributed by atoms with Crippen LogP contribution in [0, 0.1) is 0 Å². The van der Waals surface area contributed by atoms with E-state index in [-0.39, 0.29) is 0 Å². The Balaban J connectivity index is 1.38. The van der Waals surface area contributed by atoms with Crippen LogP contribution in [0.3, 0.4) is 0 Å². The molecule has 8 rings (SSSR count). The Morgan fingerprint density at radius 2 is 1.26 bits per heavy atom.